The van der Waals surface area contributed by atoms with Crippen molar-refractivity contribution in [3.8, 4) is 0 Å². The van der Waals surface area contributed by atoms with Gasteiger partial charge in [-0.1, -0.05) is 11.6 Å². The van der Waals surface area contributed by atoms with E-state index in [1.54, 1.807) is 13.8 Å². The highest BCUT2D eigenvalue weighted by atomic mass is 35.5. The minimum absolute atomic E-state index is 0.0179. The van der Waals surface area contributed by atoms with Crippen molar-refractivity contribution in [2.75, 3.05) is 6.54 Å². The van der Waals surface area contributed by atoms with Crippen molar-refractivity contribution in [3.05, 3.63) is 28.8 Å². The van der Waals surface area contributed by atoms with E-state index in [1.807, 2.05) is 0 Å². The summed E-state index contributed by atoms with van der Waals surface area (Å²) in [5.41, 5.74) is -0.0179. The molecular weight excluding hydrogens is 287 g/mol. The molecule has 1 aromatic rings. The highest BCUT2D eigenvalue weighted by molar-refractivity contribution is 6.32. The van der Waals surface area contributed by atoms with Crippen LogP contribution in [0.1, 0.15) is 37.0 Å². The van der Waals surface area contributed by atoms with Gasteiger partial charge in [0.2, 0.25) is 0 Å². The number of carbonyl (C=O) groups excluding carboxylic acids is 1. The van der Waals surface area contributed by atoms with Crippen molar-refractivity contribution in [1.29, 1.82) is 0 Å². The summed E-state index contributed by atoms with van der Waals surface area (Å²) in [5.74, 6) is -2.03. The van der Waals surface area contributed by atoms with E-state index in [-0.39, 0.29) is 29.7 Å². The van der Waals surface area contributed by atoms with Crippen LogP contribution in [0.3, 0.4) is 0 Å². The second-order valence-corrected chi connectivity index (χ2v) is 4.94. The Hall–Kier alpha value is -1.69. The molecule has 0 unspecified atom stereocenters. The van der Waals surface area contributed by atoms with Gasteiger partial charge in [-0.3, -0.25) is 9.59 Å². The molecule has 5 nitrogen and oxygen atoms in total. The fourth-order valence-electron chi connectivity index (χ4n) is 1.72. The molecular formula is C13H16ClFN2O3. The maximum atomic E-state index is 13.2. The van der Waals surface area contributed by atoms with Gasteiger partial charge in [0.25, 0.3) is 5.91 Å². The lowest BCUT2D eigenvalue weighted by atomic mass is 10.2. The van der Waals surface area contributed by atoms with Crippen LogP contribution in [0, 0.1) is 5.82 Å². The monoisotopic (exact) mass is 302 g/mol. The van der Waals surface area contributed by atoms with Gasteiger partial charge in [-0.25, -0.2) is 9.37 Å². The fraction of sp³-hybridized carbons (Fsp3) is 0.462. The number of carboxylic acid groups (broad SMARTS) is 1. The van der Waals surface area contributed by atoms with Crippen molar-refractivity contribution < 1.29 is 19.1 Å². The van der Waals surface area contributed by atoms with Crippen LogP contribution in [0.2, 0.25) is 5.15 Å². The molecule has 1 rings (SSSR count). The molecule has 0 aliphatic heterocycles. The summed E-state index contributed by atoms with van der Waals surface area (Å²) in [6.07, 6.45) is 1.22. The number of aromatic nitrogens is 1. The molecule has 0 saturated carbocycles. The van der Waals surface area contributed by atoms with E-state index in [4.69, 9.17) is 16.7 Å². The van der Waals surface area contributed by atoms with Gasteiger partial charge in [-0.15, -0.1) is 0 Å². The number of carboxylic acids is 1. The summed E-state index contributed by atoms with van der Waals surface area (Å²) in [6, 6.07) is 0.875. The fourth-order valence-corrected chi connectivity index (χ4v) is 1.91. The summed E-state index contributed by atoms with van der Waals surface area (Å²) in [7, 11) is 0. The van der Waals surface area contributed by atoms with E-state index in [9.17, 15) is 14.0 Å². The zero-order valence-electron chi connectivity index (χ0n) is 11.3. The summed E-state index contributed by atoms with van der Waals surface area (Å²) >= 11 is 5.80. The van der Waals surface area contributed by atoms with Crippen LogP contribution >= 0.6 is 11.6 Å². The zero-order chi connectivity index (χ0) is 15.3. The van der Waals surface area contributed by atoms with Crippen LogP contribution in [-0.4, -0.2) is 39.5 Å². The summed E-state index contributed by atoms with van der Waals surface area (Å²) in [4.78, 5) is 27.9. The molecule has 0 fully saturated rings. The second-order valence-electron chi connectivity index (χ2n) is 4.58. The maximum absolute atomic E-state index is 13.2. The third-order valence-electron chi connectivity index (χ3n) is 2.71. The lowest BCUT2D eigenvalue weighted by molar-refractivity contribution is -0.137. The van der Waals surface area contributed by atoms with E-state index in [1.165, 1.54) is 4.90 Å². The van der Waals surface area contributed by atoms with Gasteiger partial charge in [0.05, 0.1) is 11.8 Å². The lowest BCUT2D eigenvalue weighted by Gasteiger charge is -2.26. The van der Waals surface area contributed by atoms with E-state index < -0.39 is 17.7 Å². The number of nitrogens with zero attached hydrogens (tertiary/aromatic N) is 2. The number of pyridine rings is 1. The molecule has 0 aromatic carbocycles. The molecule has 0 saturated heterocycles. The van der Waals surface area contributed by atoms with Crippen molar-refractivity contribution in [2.24, 2.45) is 0 Å². The summed E-state index contributed by atoms with van der Waals surface area (Å²) in [6.45, 7) is 3.84. The SMILES string of the molecule is CC(C)N(CCCC(=O)O)C(=O)c1cc(F)cnc1Cl. The van der Waals surface area contributed by atoms with Gasteiger partial charge < -0.3 is 10.0 Å². The first-order chi connectivity index (χ1) is 9.32. The van der Waals surface area contributed by atoms with E-state index in [0.717, 1.165) is 12.3 Å². The average Bonchev–Trinajstić information content (AvgIpc) is 2.36. The van der Waals surface area contributed by atoms with Gasteiger partial charge in [0.1, 0.15) is 11.0 Å². The molecule has 0 aliphatic carbocycles. The third kappa shape index (κ3) is 4.45. The Labute approximate surface area is 121 Å². The Morgan fingerprint density at radius 2 is 2.15 bits per heavy atom. The van der Waals surface area contributed by atoms with Crippen molar-refractivity contribution in [1.82, 2.24) is 9.88 Å². The Morgan fingerprint density at radius 1 is 1.50 bits per heavy atom. The van der Waals surface area contributed by atoms with Gasteiger partial charge in [0, 0.05) is 19.0 Å². The molecule has 1 heterocycles. The van der Waals surface area contributed by atoms with Crippen molar-refractivity contribution >= 4 is 23.5 Å². The second kappa shape index (κ2) is 7.19. The molecule has 1 N–H and O–H groups in total. The third-order valence-corrected chi connectivity index (χ3v) is 3.01. The number of hydrogen-bond acceptors (Lipinski definition) is 3. The quantitative estimate of drug-likeness (QED) is 0.820. The smallest absolute Gasteiger partial charge is 0.303 e. The Kier molecular flexibility index (Phi) is 5.88. The first-order valence-electron chi connectivity index (χ1n) is 6.16. The standard InChI is InChI=1S/C13H16ClFN2O3/c1-8(2)17(5-3-4-11(18)19)13(20)10-6-9(15)7-16-12(10)14/h6-8H,3-5H2,1-2H3,(H,18,19). The molecule has 7 heteroatoms. The Balaban J connectivity index is 2.88. The molecule has 0 radical (unpaired) electrons. The van der Waals surface area contributed by atoms with Crippen LogP contribution in [0.4, 0.5) is 4.39 Å². The molecule has 0 aliphatic rings. The molecule has 1 amide bonds. The van der Waals surface area contributed by atoms with E-state index in [2.05, 4.69) is 4.98 Å². The van der Waals surface area contributed by atoms with Crippen LogP contribution in [-0.2, 0) is 4.79 Å². The Morgan fingerprint density at radius 3 is 2.70 bits per heavy atom. The maximum Gasteiger partial charge on any atom is 0.303 e. The van der Waals surface area contributed by atoms with E-state index >= 15 is 0 Å². The molecule has 20 heavy (non-hydrogen) atoms. The number of hydrogen-bond donors (Lipinski definition) is 1. The van der Waals surface area contributed by atoms with Gasteiger partial charge in [-0.2, -0.15) is 0 Å². The number of amides is 1. The van der Waals surface area contributed by atoms with Crippen LogP contribution in [0.5, 0.6) is 0 Å². The van der Waals surface area contributed by atoms with Gasteiger partial charge in [0.15, 0.2) is 0 Å². The molecule has 0 atom stereocenters. The summed E-state index contributed by atoms with van der Waals surface area (Å²) in [5, 5.41) is 8.55. The lowest BCUT2D eigenvalue weighted by Crippen LogP contribution is -2.38. The predicted molar refractivity (Wildman–Crippen MR) is 72.2 cm³/mol. The minimum atomic E-state index is -0.924. The number of aliphatic carboxylic acids is 1. The minimum Gasteiger partial charge on any atom is -0.481 e. The van der Waals surface area contributed by atoms with Crippen LogP contribution in [0.15, 0.2) is 12.3 Å². The van der Waals surface area contributed by atoms with Crippen molar-refractivity contribution in [3.63, 3.8) is 0 Å². The average molecular weight is 303 g/mol. The van der Waals surface area contributed by atoms with Crippen molar-refractivity contribution in [2.45, 2.75) is 32.7 Å². The normalized spacial score (nSPS) is 10.7. The first-order valence-corrected chi connectivity index (χ1v) is 6.54. The first kappa shape index (κ1) is 16.4. The summed E-state index contributed by atoms with van der Waals surface area (Å²) < 4.78 is 13.2. The largest absolute Gasteiger partial charge is 0.481 e. The number of rotatable bonds is 6. The Bertz CT molecular complexity index is 508. The molecule has 0 spiro atoms. The van der Waals surface area contributed by atoms with Gasteiger partial charge in [-0.05, 0) is 26.3 Å². The zero-order valence-corrected chi connectivity index (χ0v) is 12.0. The highest BCUT2D eigenvalue weighted by Gasteiger charge is 2.22. The molecule has 1 aromatic heterocycles. The predicted octanol–water partition coefficient (Wildman–Crippen LogP) is 2.59. The number of carbonyl (C=O) groups is 2. The highest BCUT2D eigenvalue weighted by Crippen LogP contribution is 2.18. The van der Waals surface area contributed by atoms with Crippen LogP contribution < -0.4 is 0 Å². The number of halogens is 2. The van der Waals surface area contributed by atoms with E-state index in [0.29, 0.717) is 6.42 Å². The molecule has 110 valence electrons. The van der Waals surface area contributed by atoms with Gasteiger partial charge >= 0.3 is 5.97 Å². The topological polar surface area (TPSA) is 70.5 Å². The molecule has 0 bridgehead atoms. The van der Waals surface area contributed by atoms with Crippen LogP contribution in [0.25, 0.3) is 0 Å².